The van der Waals surface area contributed by atoms with Gasteiger partial charge in [0.1, 0.15) is 0 Å². The molecule has 2 rings (SSSR count). The Morgan fingerprint density at radius 1 is 1.32 bits per heavy atom. The van der Waals surface area contributed by atoms with E-state index >= 15 is 0 Å². The molecule has 0 aromatic carbocycles. The van der Waals surface area contributed by atoms with Gasteiger partial charge in [0, 0.05) is 13.1 Å². The topological polar surface area (TPSA) is 36.4 Å². The zero-order valence-electron chi connectivity index (χ0n) is 12.7. The molecular formula is C15H26N2OS. The lowest BCUT2D eigenvalue weighted by atomic mass is 9.75. The number of nitrogens with zero attached hydrogens (tertiary/aromatic N) is 2. The molecule has 1 unspecified atom stereocenters. The lowest BCUT2D eigenvalue weighted by Gasteiger charge is -2.38. The molecule has 1 aliphatic rings. The Bertz CT molecular complexity index is 426. The Labute approximate surface area is 120 Å². The van der Waals surface area contributed by atoms with Gasteiger partial charge in [-0.3, -0.25) is 0 Å². The van der Waals surface area contributed by atoms with Crippen LogP contribution < -0.4 is 4.90 Å². The number of thiazole rings is 1. The summed E-state index contributed by atoms with van der Waals surface area (Å²) in [5.74, 6) is 0.807. The van der Waals surface area contributed by atoms with E-state index in [1.54, 1.807) is 11.3 Å². The lowest BCUT2D eigenvalue weighted by molar-refractivity contribution is 0.199. The van der Waals surface area contributed by atoms with Crippen LogP contribution in [0.25, 0.3) is 0 Å². The van der Waals surface area contributed by atoms with E-state index < -0.39 is 6.10 Å². The van der Waals surface area contributed by atoms with Crippen molar-refractivity contribution in [3.8, 4) is 0 Å². The number of anilines is 1. The van der Waals surface area contributed by atoms with Gasteiger partial charge in [0.15, 0.2) is 5.13 Å². The standard InChI is InChI=1S/C15H26N2OS/c1-10-13(11(2)18)19-14(16-10)17-8-6-12(7-9-17)15(3,4)5/h11-12,18H,6-9H2,1-5H3. The minimum Gasteiger partial charge on any atom is -0.388 e. The molecule has 108 valence electrons. The van der Waals surface area contributed by atoms with Gasteiger partial charge in [-0.15, -0.1) is 0 Å². The van der Waals surface area contributed by atoms with Crippen molar-refractivity contribution in [3.63, 3.8) is 0 Å². The summed E-state index contributed by atoms with van der Waals surface area (Å²) in [6, 6.07) is 0. The second kappa shape index (κ2) is 5.41. The number of piperidine rings is 1. The van der Waals surface area contributed by atoms with Crippen molar-refractivity contribution < 1.29 is 5.11 Å². The first kappa shape index (κ1) is 14.8. The second-order valence-electron chi connectivity index (χ2n) is 6.75. The van der Waals surface area contributed by atoms with Crippen molar-refractivity contribution in [1.82, 2.24) is 4.98 Å². The fourth-order valence-electron chi connectivity index (χ4n) is 2.85. The smallest absolute Gasteiger partial charge is 0.185 e. The number of rotatable bonds is 2. The van der Waals surface area contributed by atoms with Crippen molar-refractivity contribution in [2.75, 3.05) is 18.0 Å². The maximum Gasteiger partial charge on any atom is 0.185 e. The Hall–Kier alpha value is -0.610. The fraction of sp³-hybridized carbons (Fsp3) is 0.800. The molecule has 1 aromatic heterocycles. The molecule has 1 aliphatic heterocycles. The van der Waals surface area contributed by atoms with Crippen LogP contribution in [0.15, 0.2) is 0 Å². The molecule has 0 aliphatic carbocycles. The van der Waals surface area contributed by atoms with Gasteiger partial charge in [-0.1, -0.05) is 32.1 Å². The summed E-state index contributed by atoms with van der Waals surface area (Å²) >= 11 is 1.65. The highest BCUT2D eigenvalue weighted by molar-refractivity contribution is 7.15. The summed E-state index contributed by atoms with van der Waals surface area (Å²) in [6.45, 7) is 13.0. The van der Waals surface area contributed by atoms with E-state index in [0.29, 0.717) is 5.41 Å². The summed E-state index contributed by atoms with van der Waals surface area (Å²) < 4.78 is 0. The highest BCUT2D eigenvalue weighted by Crippen LogP contribution is 2.37. The number of aliphatic hydroxyl groups is 1. The van der Waals surface area contributed by atoms with Gasteiger partial charge in [-0.25, -0.2) is 4.98 Å². The molecular weight excluding hydrogens is 256 g/mol. The Kier molecular flexibility index (Phi) is 4.21. The normalized spacial score (nSPS) is 19.8. The quantitative estimate of drug-likeness (QED) is 0.897. The number of hydrogen-bond donors (Lipinski definition) is 1. The zero-order valence-corrected chi connectivity index (χ0v) is 13.5. The maximum atomic E-state index is 9.72. The monoisotopic (exact) mass is 282 g/mol. The van der Waals surface area contributed by atoms with Crippen LogP contribution in [-0.2, 0) is 0 Å². The predicted molar refractivity (Wildman–Crippen MR) is 81.9 cm³/mol. The van der Waals surface area contributed by atoms with Gasteiger partial charge in [-0.2, -0.15) is 0 Å². The van der Waals surface area contributed by atoms with Crippen LogP contribution in [0, 0.1) is 18.3 Å². The molecule has 1 fully saturated rings. The highest BCUT2D eigenvalue weighted by Gasteiger charge is 2.30. The van der Waals surface area contributed by atoms with Gasteiger partial charge in [-0.05, 0) is 38.0 Å². The van der Waals surface area contributed by atoms with Crippen LogP contribution in [0.3, 0.4) is 0 Å². The van der Waals surface area contributed by atoms with E-state index in [2.05, 4.69) is 30.7 Å². The van der Waals surface area contributed by atoms with Crippen molar-refractivity contribution in [2.45, 2.75) is 53.6 Å². The number of aromatic nitrogens is 1. The van der Waals surface area contributed by atoms with Gasteiger partial charge in [0.2, 0.25) is 0 Å². The molecule has 4 heteroatoms. The summed E-state index contributed by atoms with van der Waals surface area (Å²) in [6.07, 6.45) is 2.08. The van der Waals surface area contributed by atoms with Crippen LogP contribution in [-0.4, -0.2) is 23.2 Å². The van der Waals surface area contributed by atoms with Crippen LogP contribution in [0.5, 0.6) is 0 Å². The Balaban J connectivity index is 2.04. The van der Waals surface area contributed by atoms with E-state index in [9.17, 15) is 5.11 Å². The molecule has 1 aromatic rings. The molecule has 1 atom stereocenters. The molecule has 0 saturated carbocycles. The summed E-state index contributed by atoms with van der Waals surface area (Å²) in [4.78, 5) is 8.02. The van der Waals surface area contributed by atoms with E-state index in [1.807, 2.05) is 13.8 Å². The number of hydrogen-bond acceptors (Lipinski definition) is 4. The first-order chi connectivity index (χ1) is 8.79. The lowest BCUT2D eigenvalue weighted by Crippen LogP contribution is -2.37. The van der Waals surface area contributed by atoms with Crippen molar-refractivity contribution in [1.29, 1.82) is 0 Å². The third-order valence-electron chi connectivity index (χ3n) is 4.19. The van der Waals surface area contributed by atoms with Gasteiger partial charge < -0.3 is 10.0 Å². The van der Waals surface area contributed by atoms with Crippen molar-refractivity contribution in [2.24, 2.45) is 11.3 Å². The third kappa shape index (κ3) is 3.29. The third-order valence-corrected chi connectivity index (χ3v) is 5.58. The molecule has 0 radical (unpaired) electrons. The van der Waals surface area contributed by atoms with Crippen LogP contribution in [0.2, 0.25) is 0 Å². The molecule has 0 amide bonds. The molecule has 1 saturated heterocycles. The molecule has 19 heavy (non-hydrogen) atoms. The van der Waals surface area contributed by atoms with E-state index in [-0.39, 0.29) is 0 Å². The summed E-state index contributed by atoms with van der Waals surface area (Å²) in [7, 11) is 0. The van der Waals surface area contributed by atoms with Crippen LogP contribution >= 0.6 is 11.3 Å². The van der Waals surface area contributed by atoms with Gasteiger partial charge in [0.05, 0.1) is 16.7 Å². The fourth-order valence-corrected chi connectivity index (χ4v) is 3.91. The first-order valence-electron chi connectivity index (χ1n) is 7.19. The molecule has 1 N–H and O–H groups in total. The molecule has 3 nitrogen and oxygen atoms in total. The van der Waals surface area contributed by atoms with Crippen molar-refractivity contribution in [3.05, 3.63) is 10.6 Å². The van der Waals surface area contributed by atoms with Crippen LogP contribution in [0.4, 0.5) is 5.13 Å². The number of aliphatic hydroxyl groups excluding tert-OH is 1. The average Bonchev–Trinajstić information content (AvgIpc) is 2.70. The Morgan fingerprint density at radius 3 is 2.32 bits per heavy atom. The number of aryl methyl sites for hydroxylation is 1. The van der Waals surface area contributed by atoms with Gasteiger partial charge >= 0.3 is 0 Å². The van der Waals surface area contributed by atoms with Crippen molar-refractivity contribution >= 4 is 16.5 Å². The first-order valence-corrected chi connectivity index (χ1v) is 8.01. The largest absolute Gasteiger partial charge is 0.388 e. The van der Waals surface area contributed by atoms with Crippen LogP contribution in [0.1, 0.15) is 57.2 Å². The minimum atomic E-state index is -0.404. The molecule has 0 spiro atoms. The predicted octanol–water partition coefficient (Wildman–Crippen LogP) is 3.77. The molecule has 2 heterocycles. The summed E-state index contributed by atoms with van der Waals surface area (Å²) in [5, 5.41) is 10.8. The maximum absolute atomic E-state index is 9.72. The van der Waals surface area contributed by atoms with E-state index in [4.69, 9.17) is 0 Å². The summed E-state index contributed by atoms with van der Waals surface area (Å²) in [5.41, 5.74) is 1.39. The van der Waals surface area contributed by atoms with E-state index in [1.165, 1.54) is 12.8 Å². The Morgan fingerprint density at radius 2 is 1.89 bits per heavy atom. The second-order valence-corrected chi connectivity index (χ2v) is 7.76. The SMILES string of the molecule is Cc1nc(N2CCC(C(C)(C)C)CC2)sc1C(C)O. The average molecular weight is 282 g/mol. The zero-order chi connectivity index (χ0) is 14.2. The molecule has 0 bridgehead atoms. The highest BCUT2D eigenvalue weighted by atomic mass is 32.1. The minimum absolute atomic E-state index is 0.404. The van der Waals surface area contributed by atoms with E-state index in [0.717, 1.165) is 34.7 Å². The van der Waals surface area contributed by atoms with Gasteiger partial charge in [0.25, 0.3) is 0 Å².